The predicted octanol–water partition coefficient (Wildman–Crippen LogP) is 3.28. The summed E-state index contributed by atoms with van der Waals surface area (Å²) in [7, 11) is -0.954. The lowest BCUT2D eigenvalue weighted by atomic mass is 10.2. The molecule has 0 atom stereocenters. The molecule has 0 aliphatic rings. The van der Waals surface area contributed by atoms with Gasteiger partial charge in [-0.05, 0) is 48.9 Å². The number of hydrogen-bond acceptors (Lipinski definition) is 4. The molecule has 2 aromatic carbocycles. The molecule has 0 unspecified atom stereocenters. The molecule has 152 valence electrons. The largest absolute Gasteiger partial charge is 0.483 e. The number of anilines is 1. The number of benzene rings is 2. The van der Waals surface area contributed by atoms with Crippen LogP contribution in [0.3, 0.4) is 0 Å². The van der Waals surface area contributed by atoms with Crippen molar-refractivity contribution >= 4 is 21.6 Å². The van der Waals surface area contributed by atoms with Crippen LogP contribution in [0.1, 0.15) is 11.1 Å². The van der Waals surface area contributed by atoms with Crippen LogP contribution in [0.2, 0.25) is 0 Å². The number of aryl methyl sites for hydroxylation is 1. The summed E-state index contributed by atoms with van der Waals surface area (Å²) in [5.41, 5.74) is -0.707. The number of alkyl halides is 3. The van der Waals surface area contributed by atoms with Crippen LogP contribution in [0.15, 0.2) is 47.4 Å². The second kappa shape index (κ2) is 8.09. The normalized spacial score (nSPS) is 11.8. The lowest BCUT2D eigenvalue weighted by molar-refractivity contribution is -0.137. The van der Waals surface area contributed by atoms with E-state index in [1.165, 1.54) is 29.2 Å². The van der Waals surface area contributed by atoms with Crippen molar-refractivity contribution in [1.82, 2.24) is 4.90 Å². The monoisotopic (exact) mass is 416 g/mol. The van der Waals surface area contributed by atoms with Gasteiger partial charge in [0.25, 0.3) is 15.9 Å². The highest BCUT2D eigenvalue weighted by Gasteiger charge is 2.30. The number of likely N-dealkylation sites (N-methyl/N-ethyl adjacent to an activating group) is 1. The predicted molar refractivity (Wildman–Crippen MR) is 97.6 cm³/mol. The van der Waals surface area contributed by atoms with Gasteiger partial charge in [0.15, 0.2) is 6.61 Å². The van der Waals surface area contributed by atoms with Gasteiger partial charge in [0.1, 0.15) is 5.75 Å². The summed E-state index contributed by atoms with van der Waals surface area (Å²) in [6, 6.07) is 7.86. The molecule has 28 heavy (non-hydrogen) atoms. The molecule has 0 heterocycles. The zero-order valence-electron chi connectivity index (χ0n) is 15.4. The molecule has 0 aromatic heterocycles. The molecule has 0 aliphatic carbocycles. The van der Waals surface area contributed by atoms with E-state index in [0.29, 0.717) is 11.3 Å². The minimum Gasteiger partial charge on any atom is -0.483 e. The maximum absolute atomic E-state index is 12.8. The van der Waals surface area contributed by atoms with Gasteiger partial charge in [-0.1, -0.05) is 6.07 Å². The lowest BCUT2D eigenvalue weighted by Gasteiger charge is -2.14. The number of ether oxygens (including phenoxy) is 1. The van der Waals surface area contributed by atoms with Gasteiger partial charge in [-0.3, -0.25) is 9.52 Å². The van der Waals surface area contributed by atoms with Crippen molar-refractivity contribution in [2.24, 2.45) is 0 Å². The van der Waals surface area contributed by atoms with E-state index in [2.05, 4.69) is 4.72 Å². The van der Waals surface area contributed by atoms with Crippen molar-refractivity contribution in [1.29, 1.82) is 0 Å². The fourth-order valence-corrected chi connectivity index (χ4v) is 3.33. The van der Waals surface area contributed by atoms with E-state index >= 15 is 0 Å². The van der Waals surface area contributed by atoms with Crippen LogP contribution in [-0.4, -0.2) is 39.9 Å². The van der Waals surface area contributed by atoms with Gasteiger partial charge in [0, 0.05) is 19.8 Å². The number of hydrogen-bond donors (Lipinski definition) is 1. The number of carbonyl (C=O) groups excluding carboxylic acids is 1. The van der Waals surface area contributed by atoms with Crippen LogP contribution >= 0.6 is 0 Å². The van der Waals surface area contributed by atoms with E-state index in [-0.39, 0.29) is 23.1 Å². The molecule has 0 radical (unpaired) electrons. The number of amides is 1. The Balaban J connectivity index is 2.20. The van der Waals surface area contributed by atoms with Crippen LogP contribution in [0.25, 0.3) is 0 Å². The smallest absolute Gasteiger partial charge is 0.416 e. The minimum absolute atomic E-state index is 0.145. The summed E-state index contributed by atoms with van der Waals surface area (Å²) in [5, 5.41) is 0. The minimum atomic E-state index is -4.58. The Bertz CT molecular complexity index is 973. The van der Waals surface area contributed by atoms with E-state index in [0.717, 1.165) is 18.2 Å². The molecule has 1 N–H and O–H groups in total. The standard InChI is InChI=1S/C18H19F3N2O4S/c1-12-9-15(7-8-16(12)27-11-17(24)23(2)3)28(25,26)22-14-6-4-5-13(10-14)18(19,20)21/h4-10,22H,11H2,1-3H3. The maximum Gasteiger partial charge on any atom is 0.416 e. The van der Waals surface area contributed by atoms with Gasteiger partial charge < -0.3 is 9.64 Å². The molecular weight excluding hydrogens is 397 g/mol. The molecular formula is C18H19F3N2O4S. The molecule has 0 spiro atoms. The second-order valence-electron chi connectivity index (χ2n) is 6.19. The second-order valence-corrected chi connectivity index (χ2v) is 7.87. The van der Waals surface area contributed by atoms with E-state index in [4.69, 9.17) is 4.74 Å². The summed E-state index contributed by atoms with van der Waals surface area (Å²) in [4.78, 5) is 12.8. The van der Waals surface area contributed by atoms with Crippen molar-refractivity contribution in [3.63, 3.8) is 0 Å². The quantitative estimate of drug-likeness (QED) is 0.784. The number of carbonyl (C=O) groups is 1. The van der Waals surface area contributed by atoms with Gasteiger partial charge in [0.2, 0.25) is 0 Å². The summed E-state index contributed by atoms with van der Waals surface area (Å²) in [6.45, 7) is 1.39. The summed E-state index contributed by atoms with van der Waals surface area (Å²) in [5.74, 6) is 0.0653. The van der Waals surface area contributed by atoms with Gasteiger partial charge in [0.05, 0.1) is 10.5 Å². The third kappa shape index (κ3) is 5.38. The Morgan fingerprint density at radius 3 is 2.39 bits per heavy atom. The van der Waals surface area contributed by atoms with Crippen LogP contribution in [0.4, 0.5) is 18.9 Å². The first-order valence-electron chi connectivity index (χ1n) is 8.04. The van der Waals surface area contributed by atoms with Gasteiger partial charge in [-0.15, -0.1) is 0 Å². The van der Waals surface area contributed by atoms with Crippen LogP contribution in [0.5, 0.6) is 5.75 Å². The Morgan fingerprint density at radius 2 is 1.82 bits per heavy atom. The fraction of sp³-hybridized carbons (Fsp3) is 0.278. The summed E-state index contributed by atoms with van der Waals surface area (Å²) >= 11 is 0. The first-order chi connectivity index (χ1) is 12.9. The number of nitrogens with zero attached hydrogens (tertiary/aromatic N) is 1. The van der Waals surface area contributed by atoms with Crippen molar-refractivity contribution in [2.75, 3.05) is 25.4 Å². The molecule has 0 bridgehead atoms. The zero-order chi connectivity index (χ0) is 21.1. The Hall–Kier alpha value is -2.75. The van der Waals surface area contributed by atoms with Crippen molar-refractivity contribution in [3.8, 4) is 5.75 Å². The van der Waals surface area contributed by atoms with Crippen LogP contribution in [-0.2, 0) is 21.0 Å². The Labute approximate surface area is 161 Å². The lowest BCUT2D eigenvalue weighted by Crippen LogP contribution is -2.27. The van der Waals surface area contributed by atoms with E-state index in [9.17, 15) is 26.4 Å². The van der Waals surface area contributed by atoms with E-state index in [1.54, 1.807) is 21.0 Å². The Morgan fingerprint density at radius 1 is 1.14 bits per heavy atom. The van der Waals surface area contributed by atoms with Gasteiger partial charge in [-0.2, -0.15) is 13.2 Å². The highest BCUT2D eigenvalue weighted by Crippen LogP contribution is 2.31. The average molecular weight is 416 g/mol. The van der Waals surface area contributed by atoms with E-state index < -0.39 is 21.8 Å². The van der Waals surface area contributed by atoms with Gasteiger partial charge in [-0.25, -0.2) is 8.42 Å². The third-order valence-corrected chi connectivity index (χ3v) is 5.13. The van der Waals surface area contributed by atoms with Gasteiger partial charge >= 0.3 is 6.18 Å². The number of sulfonamides is 1. The number of rotatable bonds is 6. The molecule has 10 heteroatoms. The molecule has 0 fully saturated rings. The van der Waals surface area contributed by atoms with Crippen LogP contribution in [0, 0.1) is 6.92 Å². The van der Waals surface area contributed by atoms with E-state index in [1.807, 2.05) is 0 Å². The SMILES string of the molecule is Cc1cc(S(=O)(=O)Nc2cccc(C(F)(F)F)c2)ccc1OCC(=O)N(C)C. The topological polar surface area (TPSA) is 75.7 Å². The molecule has 2 rings (SSSR count). The first-order valence-corrected chi connectivity index (χ1v) is 9.52. The molecule has 0 saturated heterocycles. The Kier molecular flexibility index (Phi) is 6.23. The van der Waals surface area contributed by atoms with Crippen LogP contribution < -0.4 is 9.46 Å². The van der Waals surface area contributed by atoms with Crippen molar-refractivity contribution in [3.05, 3.63) is 53.6 Å². The van der Waals surface area contributed by atoms with Crippen molar-refractivity contribution in [2.45, 2.75) is 18.0 Å². The number of nitrogens with one attached hydrogen (secondary N) is 1. The molecule has 0 saturated carbocycles. The summed E-state index contributed by atoms with van der Waals surface area (Å²) in [6.07, 6.45) is -4.58. The fourth-order valence-electron chi connectivity index (χ4n) is 2.19. The maximum atomic E-state index is 12.8. The first kappa shape index (κ1) is 21.5. The highest BCUT2D eigenvalue weighted by molar-refractivity contribution is 7.92. The highest BCUT2D eigenvalue weighted by atomic mass is 32.2. The zero-order valence-corrected chi connectivity index (χ0v) is 16.2. The average Bonchev–Trinajstić information content (AvgIpc) is 2.59. The summed E-state index contributed by atoms with van der Waals surface area (Å²) < 4.78 is 70.8. The number of halogens is 3. The molecule has 1 amide bonds. The van der Waals surface area contributed by atoms with Crippen molar-refractivity contribution < 1.29 is 31.1 Å². The third-order valence-electron chi connectivity index (χ3n) is 3.75. The molecule has 6 nitrogen and oxygen atoms in total. The molecule has 2 aromatic rings. The molecule has 0 aliphatic heterocycles.